The molecule has 0 bridgehead atoms. The zero-order chi connectivity index (χ0) is 24.3. The number of rotatable bonds is 3. The third-order valence-corrected chi connectivity index (χ3v) is 8.08. The summed E-state index contributed by atoms with van der Waals surface area (Å²) in [5.41, 5.74) is 15.4. The first-order valence-corrected chi connectivity index (χ1v) is 12.6. The van der Waals surface area contributed by atoms with Crippen LogP contribution in [0.2, 0.25) is 0 Å². The maximum atomic E-state index is 3.96. The van der Waals surface area contributed by atoms with E-state index in [2.05, 4.69) is 135 Å². The molecule has 36 heavy (non-hydrogen) atoms. The fraction of sp³-hybridized carbons (Fsp3) is 0.0556. The molecule has 0 aliphatic heterocycles. The van der Waals surface area contributed by atoms with Gasteiger partial charge in [-0.2, -0.15) is 0 Å². The molecule has 0 saturated carbocycles. The highest BCUT2D eigenvalue weighted by Gasteiger charge is 2.51. The van der Waals surface area contributed by atoms with Gasteiger partial charge in [-0.15, -0.1) is 0 Å². The first kappa shape index (κ1) is 20.9. The Morgan fingerprint density at radius 1 is 0.556 bits per heavy atom. The minimum absolute atomic E-state index is 0.296. The van der Waals surface area contributed by atoms with Crippen LogP contribution >= 0.6 is 0 Å². The van der Waals surface area contributed by atoms with Gasteiger partial charge in [0.25, 0.3) is 0 Å². The molecular weight excluding hydrogens is 432 g/mol. The van der Waals surface area contributed by atoms with Gasteiger partial charge < -0.3 is 0 Å². The van der Waals surface area contributed by atoms with Crippen molar-refractivity contribution < 1.29 is 0 Å². The van der Waals surface area contributed by atoms with Crippen molar-refractivity contribution in [2.75, 3.05) is 0 Å². The zero-order valence-electron chi connectivity index (χ0n) is 20.3. The summed E-state index contributed by atoms with van der Waals surface area (Å²) >= 11 is 0. The normalized spacial score (nSPS) is 14.2. The van der Waals surface area contributed by atoms with Crippen LogP contribution in [0.15, 0.2) is 134 Å². The zero-order valence-corrected chi connectivity index (χ0v) is 20.3. The molecule has 0 fully saturated rings. The Bertz CT molecular complexity index is 1630. The fourth-order valence-corrected chi connectivity index (χ4v) is 6.53. The lowest BCUT2D eigenvalue weighted by molar-refractivity contribution is 0.794. The Hall–Kier alpha value is -4.42. The number of hydrogen-bond donors (Lipinski definition) is 0. The Kier molecular flexibility index (Phi) is 4.53. The second kappa shape index (κ2) is 7.80. The second-order valence-corrected chi connectivity index (χ2v) is 9.67. The Morgan fingerprint density at radius 3 is 1.53 bits per heavy atom. The van der Waals surface area contributed by atoms with Crippen LogP contribution in [-0.2, 0) is 5.41 Å². The van der Waals surface area contributed by atoms with Gasteiger partial charge in [-0.1, -0.05) is 128 Å². The third-order valence-electron chi connectivity index (χ3n) is 8.08. The van der Waals surface area contributed by atoms with E-state index >= 15 is 0 Å². The van der Waals surface area contributed by atoms with Crippen LogP contribution in [-0.4, -0.2) is 0 Å². The maximum absolute atomic E-state index is 3.96. The van der Waals surface area contributed by atoms with Crippen LogP contribution in [0.3, 0.4) is 0 Å². The van der Waals surface area contributed by atoms with Crippen molar-refractivity contribution >= 4 is 5.57 Å². The van der Waals surface area contributed by atoms with Crippen molar-refractivity contribution in [3.05, 3.63) is 162 Å². The monoisotopic (exact) mass is 458 g/mol. The van der Waals surface area contributed by atoms with Gasteiger partial charge in [0.1, 0.15) is 0 Å². The van der Waals surface area contributed by atoms with Gasteiger partial charge in [0, 0.05) is 0 Å². The predicted molar refractivity (Wildman–Crippen MR) is 152 cm³/mol. The van der Waals surface area contributed by atoms with Crippen LogP contribution in [0.25, 0.3) is 39.0 Å². The van der Waals surface area contributed by atoms with E-state index < -0.39 is 0 Å². The maximum Gasteiger partial charge on any atom is 0.0725 e. The first-order chi connectivity index (χ1) is 17.8. The lowest BCUT2D eigenvalue weighted by atomic mass is 9.70. The van der Waals surface area contributed by atoms with Gasteiger partial charge in [-0.25, -0.2) is 0 Å². The van der Waals surface area contributed by atoms with E-state index in [4.69, 9.17) is 0 Å². The van der Waals surface area contributed by atoms with Crippen LogP contribution in [0.5, 0.6) is 0 Å². The lowest BCUT2D eigenvalue weighted by Crippen LogP contribution is -2.25. The van der Waals surface area contributed by atoms with Crippen molar-refractivity contribution in [2.45, 2.75) is 12.3 Å². The average molecular weight is 459 g/mol. The fourth-order valence-electron chi connectivity index (χ4n) is 6.53. The second-order valence-electron chi connectivity index (χ2n) is 9.67. The molecule has 2 aliphatic rings. The van der Waals surface area contributed by atoms with Crippen LogP contribution in [0.4, 0.5) is 0 Å². The van der Waals surface area contributed by atoms with E-state index in [1.54, 1.807) is 0 Å². The molecular formula is C36H26. The molecule has 0 unspecified atom stereocenters. The molecule has 0 nitrogen and oxygen atoms in total. The average Bonchev–Trinajstić information content (AvgIpc) is 3.41. The Balaban J connectivity index is 1.50. The number of hydrogen-bond acceptors (Lipinski definition) is 0. The summed E-state index contributed by atoms with van der Waals surface area (Å²) in [5, 5.41) is 0. The summed E-state index contributed by atoms with van der Waals surface area (Å²) in [5.74, 6) is 0. The number of fused-ring (bicyclic) bond motifs is 10. The summed E-state index contributed by atoms with van der Waals surface area (Å²) in [7, 11) is 0. The van der Waals surface area contributed by atoms with E-state index in [1.165, 1.54) is 61.2 Å². The number of benzene rings is 5. The summed E-state index contributed by atoms with van der Waals surface area (Å²) in [6.07, 6.45) is 4.02. The van der Waals surface area contributed by atoms with E-state index in [1.807, 2.05) is 6.08 Å². The van der Waals surface area contributed by atoms with E-state index in [9.17, 15) is 0 Å². The van der Waals surface area contributed by atoms with Crippen molar-refractivity contribution in [1.82, 2.24) is 0 Å². The molecule has 0 heterocycles. The molecule has 0 heteroatoms. The van der Waals surface area contributed by atoms with Crippen molar-refractivity contribution in [1.29, 1.82) is 0 Å². The molecule has 0 radical (unpaired) electrons. The van der Waals surface area contributed by atoms with Crippen molar-refractivity contribution in [2.24, 2.45) is 0 Å². The van der Waals surface area contributed by atoms with Crippen LogP contribution in [0.1, 0.15) is 34.7 Å². The molecule has 170 valence electrons. The summed E-state index contributed by atoms with van der Waals surface area (Å²) in [6.45, 7) is 6.01. The Morgan fingerprint density at radius 2 is 1.03 bits per heavy atom. The van der Waals surface area contributed by atoms with Crippen LogP contribution < -0.4 is 0 Å². The van der Waals surface area contributed by atoms with Gasteiger partial charge >= 0.3 is 0 Å². The topological polar surface area (TPSA) is 0 Å². The van der Waals surface area contributed by atoms with Crippen LogP contribution in [0, 0.1) is 0 Å². The van der Waals surface area contributed by atoms with Gasteiger partial charge in [-0.05, 0) is 79.8 Å². The molecule has 0 aromatic heterocycles. The Labute approximate surface area is 212 Å². The molecule has 5 aromatic carbocycles. The summed E-state index contributed by atoms with van der Waals surface area (Å²) < 4.78 is 0. The molecule has 2 aliphatic carbocycles. The van der Waals surface area contributed by atoms with Crippen molar-refractivity contribution in [3.63, 3.8) is 0 Å². The molecule has 0 N–H and O–H groups in total. The summed E-state index contributed by atoms with van der Waals surface area (Å²) in [4.78, 5) is 0. The van der Waals surface area contributed by atoms with Gasteiger partial charge in [0.15, 0.2) is 0 Å². The molecule has 5 aromatic rings. The standard InChI is InChI=1S/C36H26/c1-3-24(4-2)25-17-19-26(20-18-25)27-21-22-31-30-13-7-10-16-34(30)36(35(31)23-27)32-14-8-5-11-28(32)29-12-6-9-15-33(29)36/h3-23H,1H2,2H3/b24-4+. The first-order valence-electron chi connectivity index (χ1n) is 12.6. The van der Waals surface area contributed by atoms with Crippen molar-refractivity contribution in [3.8, 4) is 33.4 Å². The lowest BCUT2D eigenvalue weighted by Gasteiger charge is -2.30. The SMILES string of the molecule is C=C/C(=C\C)c1ccc(-c2ccc3c(c2)C2(c4ccccc4-c4ccccc42)c2ccccc2-3)cc1. The molecule has 0 saturated heterocycles. The smallest absolute Gasteiger partial charge is 0.0725 e. The van der Waals surface area contributed by atoms with E-state index in [0.29, 0.717) is 0 Å². The van der Waals surface area contributed by atoms with Gasteiger partial charge in [-0.3, -0.25) is 0 Å². The molecule has 1 spiro atoms. The molecule has 0 amide bonds. The highest BCUT2D eigenvalue weighted by Crippen LogP contribution is 2.62. The molecule has 0 atom stereocenters. The van der Waals surface area contributed by atoms with E-state index in [0.717, 1.165) is 5.57 Å². The quantitative estimate of drug-likeness (QED) is 0.231. The third kappa shape index (κ3) is 2.64. The largest absolute Gasteiger partial charge is 0.0985 e. The minimum Gasteiger partial charge on any atom is -0.0985 e. The van der Waals surface area contributed by atoms with Gasteiger partial charge in [0.05, 0.1) is 5.41 Å². The number of allylic oxidation sites excluding steroid dienone is 3. The van der Waals surface area contributed by atoms with E-state index in [-0.39, 0.29) is 5.41 Å². The predicted octanol–water partition coefficient (Wildman–Crippen LogP) is 9.29. The van der Waals surface area contributed by atoms with Gasteiger partial charge in [0.2, 0.25) is 0 Å². The minimum atomic E-state index is -0.296. The molecule has 7 rings (SSSR count). The summed E-state index contributed by atoms with van der Waals surface area (Å²) in [6, 6.07) is 42.8. The highest BCUT2D eigenvalue weighted by molar-refractivity contribution is 5.95. The highest BCUT2D eigenvalue weighted by atomic mass is 14.5.